The predicted octanol–water partition coefficient (Wildman–Crippen LogP) is 5.03. The van der Waals surface area contributed by atoms with Crippen molar-refractivity contribution in [3.05, 3.63) is 53.4 Å². The van der Waals surface area contributed by atoms with Crippen LogP contribution in [0.1, 0.15) is 35.5 Å². The maximum atomic E-state index is 13.0. The molecular formula is C24H25F3N8O. The lowest BCUT2D eigenvalue weighted by Crippen LogP contribution is -2.09. The molecule has 0 bridgehead atoms. The van der Waals surface area contributed by atoms with Gasteiger partial charge in [-0.2, -0.15) is 23.4 Å². The number of aromatic nitrogens is 7. The normalized spacial score (nSPS) is 13.8. The topological polar surface area (TPSA) is 95.6 Å². The number of alkyl halides is 3. The number of anilines is 2. The monoisotopic (exact) mass is 498 g/mol. The molecule has 0 radical (unpaired) electrons. The molecule has 0 atom stereocenters. The van der Waals surface area contributed by atoms with Crippen LogP contribution in [-0.2, 0) is 12.7 Å². The molecule has 4 aromatic heterocycles. The number of nitrogens with zero attached hydrogens (tertiary/aromatic N) is 7. The third kappa shape index (κ3) is 4.50. The summed E-state index contributed by atoms with van der Waals surface area (Å²) in [5, 5.41) is 12.6. The molecule has 4 heterocycles. The molecule has 1 N–H and O–H groups in total. The van der Waals surface area contributed by atoms with Crippen molar-refractivity contribution >= 4 is 11.6 Å². The van der Waals surface area contributed by atoms with Crippen LogP contribution in [-0.4, -0.2) is 41.6 Å². The van der Waals surface area contributed by atoms with Crippen LogP contribution in [0, 0.1) is 26.7 Å². The fraction of sp³-hybridized carbons (Fsp3) is 0.375. The van der Waals surface area contributed by atoms with Gasteiger partial charge in [0.15, 0.2) is 11.6 Å². The first-order valence-corrected chi connectivity index (χ1v) is 11.5. The number of ether oxygens (including phenoxy) is 1. The molecule has 4 aromatic rings. The Morgan fingerprint density at radius 3 is 2.47 bits per heavy atom. The molecule has 0 spiro atoms. The largest absolute Gasteiger partial charge is 0.493 e. The molecule has 0 unspecified atom stereocenters. The Bertz CT molecular complexity index is 1400. The van der Waals surface area contributed by atoms with E-state index in [-0.39, 0.29) is 0 Å². The molecule has 0 aliphatic heterocycles. The van der Waals surface area contributed by atoms with E-state index in [1.807, 2.05) is 25.5 Å². The summed E-state index contributed by atoms with van der Waals surface area (Å²) in [4.78, 5) is 12.3. The van der Waals surface area contributed by atoms with E-state index in [2.05, 4.69) is 25.4 Å². The number of methoxy groups -OCH3 is 1. The van der Waals surface area contributed by atoms with Gasteiger partial charge in [-0.25, -0.2) is 19.3 Å². The lowest BCUT2D eigenvalue weighted by molar-refractivity contribution is -0.141. The number of hydrogen-bond acceptors (Lipinski definition) is 7. The van der Waals surface area contributed by atoms with Gasteiger partial charge in [0.2, 0.25) is 0 Å². The van der Waals surface area contributed by atoms with Crippen LogP contribution in [0.3, 0.4) is 0 Å². The highest BCUT2D eigenvalue weighted by Crippen LogP contribution is 2.36. The van der Waals surface area contributed by atoms with Gasteiger partial charge in [0, 0.05) is 29.9 Å². The summed E-state index contributed by atoms with van der Waals surface area (Å²) in [6.45, 7) is 6.33. The van der Waals surface area contributed by atoms with E-state index in [1.54, 1.807) is 17.9 Å². The first-order chi connectivity index (χ1) is 17.2. The third-order valence-corrected chi connectivity index (χ3v) is 6.19. The highest BCUT2D eigenvalue weighted by molar-refractivity contribution is 5.71. The molecule has 5 rings (SSSR count). The Morgan fingerprint density at radius 1 is 1.08 bits per heavy atom. The molecule has 0 saturated heterocycles. The van der Waals surface area contributed by atoms with E-state index in [4.69, 9.17) is 9.84 Å². The van der Waals surface area contributed by atoms with Crippen LogP contribution in [0.15, 0.2) is 30.7 Å². The van der Waals surface area contributed by atoms with Crippen molar-refractivity contribution in [2.24, 2.45) is 5.92 Å². The van der Waals surface area contributed by atoms with Gasteiger partial charge in [0.1, 0.15) is 29.4 Å². The van der Waals surface area contributed by atoms with Crippen LogP contribution in [0.25, 0.3) is 17.1 Å². The van der Waals surface area contributed by atoms with E-state index in [0.29, 0.717) is 46.9 Å². The zero-order valence-electron chi connectivity index (χ0n) is 20.3. The first-order valence-electron chi connectivity index (χ1n) is 11.5. The maximum Gasteiger partial charge on any atom is 0.433 e. The van der Waals surface area contributed by atoms with Gasteiger partial charge in [-0.1, -0.05) is 0 Å². The van der Waals surface area contributed by atoms with E-state index in [0.717, 1.165) is 35.9 Å². The lowest BCUT2D eigenvalue weighted by atomic mass is 10.1. The third-order valence-electron chi connectivity index (χ3n) is 6.19. The number of pyridine rings is 1. The molecule has 36 heavy (non-hydrogen) atoms. The quantitative estimate of drug-likeness (QED) is 0.382. The average molecular weight is 499 g/mol. The summed E-state index contributed by atoms with van der Waals surface area (Å²) in [5.74, 6) is 3.02. The fourth-order valence-corrected chi connectivity index (χ4v) is 4.16. The first kappa shape index (κ1) is 23.8. The lowest BCUT2D eigenvalue weighted by Gasteiger charge is -2.11. The van der Waals surface area contributed by atoms with Crippen molar-refractivity contribution in [2.45, 2.75) is 46.3 Å². The summed E-state index contributed by atoms with van der Waals surface area (Å²) in [5.41, 5.74) is 2.48. The minimum Gasteiger partial charge on any atom is -0.493 e. The Hall–Kier alpha value is -3.96. The smallest absolute Gasteiger partial charge is 0.433 e. The van der Waals surface area contributed by atoms with Gasteiger partial charge in [-0.15, -0.1) is 0 Å². The summed E-state index contributed by atoms with van der Waals surface area (Å²) in [7, 11) is 1.60. The zero-order chi connectivity index (χ0) is 25.6. The maximum absolute atomic E-state index is 13.0. The van der Waals surface area contributed by atoms with Crippen LogP contribution >= 0.6 is 0 Å². The number of rotatable bonds is 7. The van der Waals surface area contributed by atoms with Gasteiger partial charge in [0.05, 0.1) is 18.5 Å². The molecule has 1 fully saturated rings. The van der Waals surface area contributed by atoms with Gasteiger partial charge in [-0.05, 0) is 51.7 Å². The van der Waals surface area contributed by atoms with Gasteiger partial charge >= 0.3 is 6.18 Å². The van der Waals surface area contributed by atoms with E-state index in [1.165, 1.54) is 18.6 Å². The highest BCUT2D eigenvalue weighted by Gasteiger charge is 2.32. The fourth-order valence-electron chi connectivity index (χ4n) is 4.16. The van der Waals surface area contributed by atoms with Crippen molar-refractivity contribution in [1.29, 1.82) is 0 Å². The predicted molar refractivity (Wildman–Crippen MR) is 126 cm³/mol. The second-order valence-corrected chi connectivity index (χ2v) is 8.88. The molecule has 1 aliphatic carbocycles. The molecule has 188 valence electrons. The van der Waals surface area contributed by atoms with Gasteiger partial charge in [0.25, 0.3) is 0 Å². The van der Waals surface area contributed by atoms with Crippen molar-refractivity contribution in [3.8, 4) is 22.8 Å². The van der Waals surface area contributed by atoms with Crippen LogP contribution < -0.4 is 10.1 Å². The second-order valence-electron chi connectivity index (χ2n) is 8.88. The molecule has 12 heteroatoms. The Kier molecular flexibility index (Phi) is 5.89. The van der Waals surface area contributed by atoms with Crippen LogP contribution in [0.5, 0.6) is 5.75 Å². The van der Waals surface area contributed by atoms with E-state index >= 15 is 0 Å². The Balaban J connectivity index is 1.50. The molecular weight excluding hydrogens is 473 g/mol. The molecule has 9 nitrogen and oxygen atoms in total. The summed E-state index contributed by atoms with van der Waals surface area (Å²) in [6, 6.07) is 4.14. The Morgan fingerprint density at radius 2 is 1.86 bits per heavy atom. The van der Waals surface area contributed by atoms with Gasteiger partial charge in [-0.3, -0.25) is 4.98 Å². The molecule has 1 aliphatic rings. The SMILES string of the molecule is COc1c(C)nn(-c2cc(Nc3c(C)c(-c4ccc(C(F)(F)F)nc4)nn3CC3CC3)ncn2)c1C. The van der Waals surface area contributed by atoms with Crippen LogP contribution in [0.4, 0.5) is 24.8 Å². The van der Waals surface area contributed by atoms with E-state index < -0.39 is 11.9 Å². The van der Waals surface area contributed by atoms with Gasteiger partial charge < -0.3 is 10.1 Å². The minimum absolute atomic E-state index is 0.510. The van der Waals surface area contributed by atoms with Crippen molar-refractivity contribution < 1.29 is 17.9 Å². The highest BCUT2D eigenvalue weighted by atomic mass is 19.4. The number of hydrogen-bond donors (Lipinski definition) is 1. The molecule has 0 aromatic carbocycles. The summed E-state index contributed by atoms with van der Waals surface area (Å²) in [6.07, 6.45) is 0.395. The second kappa shape index (κ2) is 8.92. The Labute approximate surface area is 205 Å². The number of nitrogens with one attached hydrogen (secondary N) is 1. The zero-order valence-corrected chi connectivity index (χ0v) is 20.3. The van der Waals surface area contributed by atoms with E-state index in [9.17, 15) is 13.2 Å². The number of aryl methyl sites for hydroxylation is 1. The molecule has 1 saturated carbocycles. The molecule has 0 amide bonds. The van der Waals surface area contributed by atoms with Crippen molar-refractivity contribution in [3.63, 3.8) is 0 Å². The summed E-state index contributed by atoms with van der Waals surface area (Å²) >= 11 is 0. The van der Waals surface area contributed by atoms with Crippen LogP contribution in [0.2, 0.25) is 0 Å². The number of halogens is 3. The average Bonchev–Trinajstić information content (AvgIpc) is 3.55. The van der Waals surface area contributed by atoms with Crippen molar-refractivity contribution in [2.75, 3.05) is 12.4 Å². The summed E-state index contributed by atoms with van der Waals surface area (Å²) < 4.78 is 47.9. The minimum atomic E-state index is -4.49. The van der Waals surface area contributed by atoms with Crippen molar-refractivity contribution in [1.82, 2.24) is 34.5 Å². The standard InChI is InChI=1S/C24H25F3N8O/c1-13-21(17-7-8-18(28-10-17)24(25,26)27)33-34(11-16-5-6-16)23(13)31-19-9-20(30-12-29-19)35-15(3)22(36-4)14(2)32-35/h7-10,12,16H,5-6,11H2,1-4H3,(H,29,30,31).